The Bertz CT molecular complexity index is 804. The van der Waals surface area contributed by atoms with Gasteiger partial charge in [-0.05, 0) is 37.3 Å². The minimum Gasteiger partial charge on any atom is -0.463 e. The Morgan fingerprint density at radius 2 is 1.75 bits per heavy atom. The number of benzene rings is 1. The molecule has 2 aromatic rings. The van der Waals surface area contributed by atoms with E-state index >= 15 is 0 Å². The van der Waals surface area contributed by atoms with Crippen molar-refractivity contribution in [1.29, 1.82) is 0 Å². The first-order valence-corrected chi connectivity index (χ1v) is 7.75. The average molecular weight is 366 g/mol. The minimum atomic E-state index is -0.568. The van der Waals surface area contributed by atoms with Crippen LogP contribution in [0.15, 0.2) is 36.4 Å². The van der Waals surface area contributed by atoms with Gasteiger partial charge in [-0.15, -0.1) is 0 Å². The van der Waals surface area contributed by atoms with Gasteiger partial charge in [0, 0.05) is 11.8 Å². The molecule has 7 heteroatoms. The highest BCUT2D eigenvalue weighted by Gasteiger charge is 2.20. The number of halogens is 2. The van der Waals surface area contributed by atoms with E-state index in [-0.39, 0.29) is 27.9 Å². The minimum absolute atomic E-state index is 0.0749. The fourth-order valence-corrected chi connectivity index (χ4v) is 2.64. The summed E-state index contributed by atoms with van der Waals surface area (Å²) in [6.45, 7) is 1.92. The van der Waals surface area contributed by atoms with Crippen LogP contribution in [0.25, 0.3) is 6.08 Å². The molecule has 0 aliphatic rings. The summed E-state index contributed by atoms with van der Waals surface area (Å²) in [6.07, 6.45) is 3.09. The zero-order valence-electron chi connectivity index (χ0n) is 12.7. The summed E-state index contributed by atoms with van der Waals surface area (Å²) in [5.41, 5.74) is 0.511. The molecule has 0 radical (unpaired) electrons. The molecule has 0 saturated heterocycles. The first-order valence-electron chi connectivity index (χ1n) is 7.00. The van der Waals surface area contributed by atoms with Gasteiger partial charge in [-0.1, -0.05) is 29.3 Å². The number of nitrogens with zero attached hydrogens (tertiary/aromatic N) is 1. The molecule has 0 fully saturated rings. The van der Waals surface area contributed by atoms with Crippen LogP contribution in [0.3, 0.4) is 0 Å². The lowest BCUT2D eigenvalue weighted by Crippen LogP contribution is -2.17. The maximum absolute atomic E-state index is 12.8. The topological polar surface area (TPSA) is 65.4 Å². The molecule has 0 unspecified atom stereocenters. The zero-order valence-corrected chi connectivity index (χ0v) is 14.2. The van der Waals surface area contributed by atoms with Crippen LogP contribution >= 0.6 is 23.2 Å². The number of aromatic nitrogens is 1. The summed E-state index contributed by atoms with van der Waals surface area (Å²) in [5.74, 6) is -1.12. The molecule has 0 saturated carbocycles. The second kappa shape index (κ2) is 7.95. The molecule has 2 rings (SSSR count). The van der Waals surface area contributed by atoms with Crippen LogP contribution in [-0.4, -0.2) is 29.3 Å². The molecule has 24 heavy (non-hydrogen) atoms. The van der Waals surface area contributed by atoms with Crippen molar-refractivity contribution in [3.63, 3.8) is 0 Å². The van der Waals surface area contributed by atoms with Crippen molar-refractivity contribution in [3.05, 3.63) is 63.4 Å². The maximum Gasteiger partial charge on any atom is 0.330 e. The SMILES string of the molecule is CCOC(=O)/C=C/c1ccc(C=O)n1C(=O)c1c(Cl)cccc1Cl. The zero-order chi connectivity index (χ0) is 17.7. The van der Waals surface area contributed by atoms with Crippen molar-refractivity contribution in [2.75, 3.05) is 6.61 Å². The van der Waals surface area contributed by atoms with E-state index in [0.29, 0.717) is 12.0 Å². The molecule has 1 aromatic heterocycles. The molecular formula is C17H13Cl2NO4. The van der Waals surface area contributed by atoms with E-state index in [1.54, 1.807) is 13.0 Å². The molecule has 0 spiro atoms. The van der Waals surface area contributed by atoms with Gasteiger partial charge in [-0.25, -0.2) is 4.79 Å². The summed E-state index contributed by atoms with van der Waals surface area (Å²) in [5, 5.41) is 0.330. The Kier molecular flexibility index (Phi) is 5.95. The van der Waals surface area contributed by atoms with Crippen molar-refractivity contribution in [3.8, 4) is 0 Å². The van der Waals surface area contributed by atoms with E-state index in [1.807, 2.05) is 0 Å². The van der Waals surface area contributed by atoms with Crippen LogP contribution in [0.4, 0.5) is 0 Å². The van der Waals surface area contributed by atoms with E-state index in [1.165, 1.54) is 36.4 Å². The largest absolute Gasteiger partial charge is 0.463 e. The molecule has 0 atom stereocenters. The summed E-state index contributed by atoms with van der Waals surface area (Å²) < 4.78 is 5.92. The van der Waals surface area contributed by atoms with Gasteiger partial charge in [0.2, 0.25) is 0 Å². The van der Waals surface area contributed by atoms with Gasteiger partial charge >= 0.3 is 5.97 Å². The Labute approximate surface area is 148 Å². The van der Waals surface area contributed by atoms with E-state index in [0.717, 1.165) is 4.57 Å². The van der Waals surface area contributed by atoms with E-state index < -0.39 is 11.9 Å². The summed E-state index contributed by atoms with van der Waals surface area (Å²) in [4.78, 5) is 35.5. The monoisotopic (exact) mass is 365 g/mol. The summed E-state index contributed by atoms with van der Waals surface area (Å²) in [7, 11) is 0. The molecular weight excluding hydrogens is 353 g/mol. The normalized spacial score (nSPS) is 10.8. The van der Waals surface area contributed by atoms with Crippen molar-refractivity contribution < 1.29 is 19.1 Å². The van der Waals surface area contributed by atoms with Crippen LogP contribution in [0, 0.1) is 0 Å². The highest BCUT2D eigenvalue weighted by Crippen LogP contribution is 2.26. The number of carbonyl (C=O) groups is 3. The first kappa shape index (κ1) is 18.0. The van der Waals surface area contributed by atoms with Crippen molar-refractivity contribution in [2.24, 2.45) is 0 Å². The number of hydrogen-bond donors (Lipinski definition) is 0. The average Bonchev–Trinajstić information content (AvgIpc) is 2.96. The van der Waals surface area contributed by atoms with E-state index in [2.05, 4.69) is 0 Å². The second-order valence-electron chi connectivity index (χ2n) is 4.62. The van der Waals surface area contributed by atoms with Crippen molar-refractivity contribution >= 4 is 47.4 Å². The van der Waals surface area contributed by atoms with Gasteiger partial charge in [-0.3, -0.25) is 14.2 Å². The predicted octanol–water partition coefficient (Wildman–Crippen LogP) is 3.87. The van der Waals surface area contributed by atoms with Crippen molar-refractivity contribution in [2.45, 2.75) is 6.92 Å². The number of esters is 1. The lowest BCUT2D eigenvalue weighted by molar-refractivity contribution is -0.137. The molecule has 0 bridgehead atoms. The Morgan fingerprint density at radius 3 is 2.33 bits per heavy atom. The third-order valence-corrected chi connectivity index (χ3v) is 3.75. The molecule has 1 aromatic carbocycles. The fourth-order valence-electron chi connectivity index (χ4n) is 2.08. The fraction of sp³-hybridized carbons (Fsp3) is 0.118. The number of ether oxygens (including phenoxy) is 1. The van der Waals surface area contributed by atoms with E-state index in [9.17, 15) is 14.4 Å². The van der Waals surface area contributed by atoms with Gasteiger partial charge in [0.15, 0.2) is 6.29 Å². The first-order chi connectivity index (χ1) is 11.5. The number of rotatable bonds is 5. The van der Waals surface area contributed by atoms with Gasteiger partial charge in [0.1, 0.15) is 0 Å². The summed E-state index contributed by atoms with van der Waals surface area (Å²) in [6, 6.07) is 7.65. The Morgan fingerprint density at radius 1 is 1.12 bits per heavy atom. The molecule has 0 aliphatic carbocycles. The lowest BCUT2D eigenvalue weighted by Gasteiger charge is -2.10. The van der Waals surface area contributed by atoms with Crippen LogP contribution in [0.1, 0.15) is 33.5 Å². The quantitative estimate of drug-likeness (QED) is 0.458. The van der Waals surface area contributed by atoms with Crippen LogP contribution in [-0.2, 0) is 9.53 Å². The van der Waals surface area contributed by atoms with Crippen LogP contribution in [0.5, 0.6) is 0 Å². The van der Waals surface area contributed by atoms with Crippen LogP contribution < -0.4 is 0 Å². The molecule has 5 nitrogen and oxygen atoms in total. The molecule has 124 valence electrons. The maximum atomic E-state index is 12.8. The molecule has 0 aliphatic heterocycles. The van der Waals surface area contributed by atoms with Gasteiger partial charge in [0.25, 0.3) is 5.91 Å². The highest BCUT2D eigenvalue weighted by molar-refractivity contribution is 6.39. The number of carbonyl (C=O) groups excluding carboxylic acids is 3. The molecule has 0 amide bonds. The number of aldehydes is 1. The third kappa shape index (κ3) is 3.75. The summed E-state index contributed by atoms with van der Waals surface area (Å²) >= 11 is 12.1. The van der Waals surface area contributed by atoms with Gasteiger partial charge < -0.3 is 4.74 Å². The second-order valence-corrected chi connectivity index (χ2v) is 5.44. The standard InChI is InChI=1S/C17H13Cl2NO4/c1-2-24-15(22)9-8-11-6-7-12(10-21)20(11)17(23)16-13(18)4-3-5-14(16)19/h3-10H,2H2,1H3/b9-8+. The third-order valence-electron chi connectivity index (χ3n) is 3.12. The smallest absolute Gasteiger partial charge is 0.330 e. The molecule has 1 heterocycles. The highest BCUT2D eigenvalue weighted by atomic mass is 35.5. The molecule has 0 N–H and O–H groups in total. The number of hydrogen-bond acceptors (Lipinski definition) is 4. The predicted molar refractivity (Wildman–Crippen MR) is 91.7 cm³/mol. The van der Waals surface area contributed by atoms with E-state index in [4.69, 9.17) is 27.9 Å². The van der Waals surface area contributed by atoms with Gasteiger partial charge in [0.05, 0.1) is 27.9 Å². The lowest BCUT2D eigenvalue weighted by atomic mass is 10.2. The van der Waals surface area contributed by atoms with Crippen LogP contribution in [0.2, 0.25) is 10.0 Å². The van der Waals surface area contributed by atoms with Crippen molar-refractivity contribution in [1.82, 2.24) is 4.57 Å². The Hall–Kier alpha value is -2.37. The Balaban J connectivity index is 2.49. The van der Waals surface area contributed by atoms with Gasteiger partial charge in [-0.2, -0.15) is 0 Å².